The number of benzene rings is 4. The van der Waals surface area contributed by atoms with E-state index < -0.39 is 11.8 Å². The van der Waals surface area contributed by atoms with Crippen molar-refractivity contribution in [1.29, 1.82) is 0 Å². The van der Waals surface area contributed by atoms with E-state index >= 15 is 0 Å². The smallest absolute Gasteiger partial charge is 0.272 e. The van der Waals surface area contributed by atoms with Crippen molar-refractivity contribution < 1.29 is 14.4 Å². The maximum Gasteiger partial charge on any atom is 0.272 e. The van der Waals surface area contributed by atoms with Gasteiger partial charge >= 0.3 is 0 Å². The molecule has 4 aromatic carbocycles. The second-order valence-electron chi connectivity index (χ2n) is 9.09. The first-order chi connectivity index (χ1) is 19.7. The Hall–Kier alpha value is -4.04. The van der Waals surface area contributed by atoms with Crippen molar-refractivity contribution in [1.82, 2.24) is 5.32 Å². The molecule has 0 atom stereocenters. The lowest BCUT2D eigenvalue weighted by atomic mass is 10.1. The fraction of sp³-hybridized carbons (Fsp3) is 0.0938. The standard InChI is InChI=1S/C32H27Cl2N3O3S/c1-20-9-6-16-27(21(20)2)36-29(38)19-41-25-14-8-13-24(18-25)35-32(40)28(17-23-12-7-15-26(33)30(23)34)37-31(39)22-10-4-3-5-11-22/h3-18H,19H2,1-2H3,(H,35,40)(H,36,38)(H,37,39)/b28-17+. The second kappa shape index (κ2) is 14.0. The quantitative estimate of drug-likeness (QED) is 0.135. The van der Waals surface area contributed by atoms with Crippen LogP contribution in [0.5, 0.6) is 0 Å². The zero-order valence-electron chi connectivity index (χ0n) is 22.3. The Morgan fingerprint density at radius 3 is 2.34 bits per heavy atom. The van der Waals surface area contributed by atoms with E-state index in [2.05, 4.69) is 16.0 Å². The summed E-state index contributed by atoms with van der Waals surface area (Å²) >= 11 is 13.8. The summed E-state index contributed by atoms with van der Waals surface area (Å²) in [5, 5.41) is 9.03. The Balaban J connectivity index is 1.48. The van der Waals surface area contributed by atoms with Crippen LogP contribution in [0.2, 0.25) is 10.0 Å². The van der Waals surface area contributed by atoms with Gasteiger partial charge in [-0.15, -0.1) is 11.8 Å². The van der Waals surface area contributed by atoms with Gasteiger partial charge < -0.3 is 16.0 Å². The summed E-state index contributed by atoms with van der Waals surface area (Å²) in [5.41, 5.74) is 4.25. The number of thioether (sulfide) groups is 1. The van der Waals surface area contributed by atoms with E-state index in [0.29, 0.717) is 21.8 Å². The van der Waals surface area contributed by atoms with Crippen LogP contribution in [0.25, 0.3) is 6.08 Å². The molecule has 0 aromatic heterocycles. The number of carbonyl (C=O) groups excluding carboxylic acids is 3. The lowest BCUT2D eigenvalue weighted by Crippen LogP contribution is -2.30. The summed E-state index contributed by atoms with van der Waals surface area (Å²) in [5.74, 6) is -0.953. The van der Waals surface area contributed by atoms with Gasteiger partial charge in [0.05, 0.1) is 15.8 Å². The van der Waals surface area contributed by atoms with E-state index in [1.165, 1.54) is 17.8 Å². The summed E-state index contributed by atoms with van der Waals surface area (Å²) in [4.78, 5) is 39.6. The molecule has 0 unspecified atom stereocenters. The first-order valence-corrected chi connectivity index (χ1v) is 14.4. The molecule has 0 bridgehead atoms. The van der Waals surface area contributed by atoms with E-state index in [-0.39, 0.29) is 22.4 Å². The summed E-state index contributed by atoms with van der Waals surface area (Å²) < 4.78 is 0. The molecule has 6 nitrogen and oxygen atoms in total. The van der Waals surface area contributed by atoms with Crippen LogP contribution in [0.3, 0.4) is 0 Å². The van der Waals surface area contributed by atoms with Crippen LogP contribution in [0.1, 0.15) is 27.0 Å². The highest BCUT2D eigenvalue weighted by atomic mass is 35.5. The van der Waals surface area contributed by atoms with Crippen molar-refractivity contribution in [3.8, 4) is 0 Å². The normalized spacial score (nSPS) is 11.1. The number of rotatable bonds is 9. The van der Waals surface area contributed by atoms with Crippen molar-refractivity contribution in [3.05, 3.63) is 129 Å². The first kappa shape index (κ1) is 29.9. The zero-order chi connectivity index (χ0) is 29.4. The molecule has 0 aliphatic carbocycles. The van der Waals surface area contributed by atoms with Crippen LogP contribution in [0.4, 0.5) is 11.4 Å². The molecular formula is C32H27Cl2N3O3S. The van der Waals surface area contributed by atoms with Gasteiger partial charge in [0.15, 0.2) is 0 Å². The van der Waals surface area contributed by atoms with Crippen molar-refractivity contribution in [3.63, 3.8) is 0 Å². The van der Waals surface area contributed by atoms with E-state index in [1.54, 1.807) is 66.7 Å². The molecule has 208 valence electrons. The number of hydrogen-bond acceptors (Lipinski definition) is 4. The van der Waals surface area contributed by atoms with Crippen LogP contribution in [0, 0.1) is 13.8 Å². The monoisotopic (exact) mass is 603 g/mol. The van der Waals surface area contributed by atoms with E-state index in [9.17, 15) is 14.4 Å². The highest BCUT2D eigenvalue weighted by Crippen LogP contribution is 2.28. The largest absolute Gasteiger partial charge is 0.325 e. The van der Waals surface area contributed by atoms with Gasteiger partial charge in [-0.05, 0) is 79.1 Å². The summed E-state index contributed by atoms with van der Waals surface area (Å²) in [6.45, 7) is 3.96. The molecule has 3 amide bonds. The number of anilines is 2. The Morgan fingerprint density at radius 2 is 1.56 bits per heavy atom. The third-order valence-corrected chi connectivity index (χ3v) is 7.98. The molecule has 0 aliphatic rings. The molecular weight excluding hydrogens is 577 g/mol. The van der Waals surface area contributed by atoms with Crippen LogP contribution >= 0.6 is 35.0 Å². The average molecular weight is 605 g/mol. The van der Waals surface area contributed by atoms with Crippen molar-refractivity contribution in [2.24, 2.45) is 0 Å². The first-order valence-electron chi connectivity index (χ1n) is 12.6. The Bertz CT molecular complexity index is 1620. The summed E-state index contributed by atoms with van der Waals surface area (Å²) in [6.07, 6.45) is 1.47. The summed E-state index contributed by atoms with van der Waals surface area (Å²) in [7, 11) is 0. The summed E-state index contributed by atoms with van der Waals surface area (Å²) in [6, 6.07) is 26.5. The molecule has 0 saturated carbocycles. The molecule has 4 aromatic rings. The third kappa shape index (κ3) is 8.24. The lowest BCUT2D eigenvalue weighted by molar-refractivity contribution is -0.114. The number of nitrogens with one attached hydrogen (secondary N) is 3. The van der Waals surface area contributed by atoms with Crippen LogP contribution in [-0.2, 0) is 9.59 Å². The van der Waals surface area contributed by atoms with E-state index in [1.807, 2.05) is 38.1 Å². The van der Waals surface area contributed by atoms with Gasteiger partial charge in [-0.3, -0.25) is 14.4 Å². The molecule has 0 saturated heterocycles. The van der Waals surface area contributed by atoms with Gasteiger partial charge in [0, 0.05) is 21.8 Å². The van der Waals surface area contributed by atoms with E-state index in [4.69, 9.17) is 23.2 Å². The Kier molecular flexibility index (Phi) is 10.2. The number of hydrogen-bond donors (Lipinski definition) is 3. The molecule has 4 rings (SSSR count). The van der Waals surface area contributed by atoms with Gasteiger partial charge in [-0.2, -0.15) is 0 Å². The van der Waals surface area contributed by atoms with E-state index in [0.717, 1.165) is 21.7 Å². The molecule has 0 radical (unpaired) electrons. The SMILES string of the molecule is Cc1cccc(NC(=O)CSc2cccc(NC(=O)/C(=C\c3cccc(Cl)c3Cl)NC(=O)c3ccccc3)c2)c1C. The van der Waals surface area contributed by atoms with Gasteiger partial charge in [-0.25, -0.2) is 0 Å². The van der Waals surface area contributed by atoms with Gasteiger partial charge in [0.1, 0.15) is 5.70 Å². The van der Waals surface area contributed by atoms with Crippen LogP contribution in [-0.4, -0.2) is 23.5 Å². The molecule has 0 aliphatic heterocycles. The predicted molar refractivity (Wildman–Crippen MR) is 169 cm³/mol. The molecule has 3 N–H and O–H groups in total. The number of amides is 3. The maximum atomic E-state index is 13.4. The minimum absolute atomic E-state index is 0.0195. The second-order valence-corrected chi connectivity index (χ2v) is 10.9. The Morgan fingerprint density at radius 1 is 0.829 bits per heavy atom. The maximum absolute atomic E-state index is 13.4. The Labute approximate surface area is 253 Å². The predicted octanol–water partition coefficient (Wildman–Crippen LogP) is 7.75. The molecule has 9 heteroatoms. The lowest BCUT2D eigenvalue weighted by Gasteiger charge is -2.13. The topological polar surface area (TPSA) is 87.3 Å². The molecule has 0 spiro atoms. The third-order valence-electron chi connectivity index (χ3n) is 6.15. The van der Waals surface area contributed by atoms with Gasteiger partial charge in [-0.1, -0.05) is 71.7 Å². The number of aryl methyl sites for hydroxylation is 1. The number of carbonyl (C=O) groups is 3. The molecule has 0 heterocycles. The highest BCUT2D eigenvalue weighted by molar-refractivity contribution is 8.00. The molecule has 0 fully saturated rings. The van der Waals surface area contributed by atoms with Crippen molar-refractivity contribution >= 4 is 70.1 Å². The van der Waals surface area contributed by atoms with Crippen molar-refractivity contribution in [2.75, 3.05) is 16.4 Å². The van der Waals surface area contributed by atoms with Crippen LogP contribution < -0.4 is 16.0 Å². The average Bonchev–Trinajstić information content (AvgIpc) is 2.97. The fourth-order valence-corrected chi connectivity index (χ4v) is 4.93. The fourth-order valence-electron chi connectivity index (χ4n) is 3.81. The van der Waals surface area contributed by atoms with Crippen molar-refractivity contribution in [2.45, 2.75) is 18.7 Å². The highest BCUT2D eigenvalue weighted by Gasteiger charge is 2.17. The van der Waals surface area contributed by atoms with Gasteiger partial charge in [0.2, 0.25) is 5.91 Å². The molecule has 41 heavy (non-hydrogen) atoms. The van der Waals surface area contributed by atoms with Gasteiger partial charge in [0.25, 0.3) is 11.8 Å². The minimum Gasteiger partial charge on any atom is -0.325 e. The van der Waals surface area contributed by atoms with Crippen LogP contribution in [0.15, 0.2) is 102 Å². The number of halogens is 2. The zero-order valence-corrected chi connectivity index (χ0v) is 24.7. The minimum atomic E-state index is -0.555.